The summed E-state index contributed by atoms with van der Waals surface area (Å²) < 4.78 is 59.2. The molecule has 0 bridgehead atoms. The third-order valence-corrected chi connectivity index (χ3v) is 11.9. The zero-order chi connectivity index (χ0) is 25.4. The van der Waals surface area contributed by atoms with E-state index in [1.807, 2.05) is 0 Å². The van der Waals surface area contributed by atoms with Crippen LogP contribution in [0.15, 0.2) is 72.8 Å². The van der Waals surface area contributed by atoms with Crippen LogP contribution in [-0.2, 0) is 6.16 Å². The van der Waals surface area contributed by atoms with Gasteiger partial charge in [-0.15, -0.1) is 0 Å². The third-order valence-electron chi connectivity index (χ3n) is 6.86. The first-order valence-corrected chi connectivity index (χ1v) is 15.3. The van der Waals surface area contributed by atoms with Crippen LogP contribution in [0.25, 0.3) is 0 Å². The molecule has 2 atom stereocenters. The van der Waals surface area contributed by atoms with E-state index >= 15 is 0 Å². The molecule has 0 N–H and O–H groups in total. The van der Waals surface area contributed by atoms with E-state index in [0.717, 1.165) is 0 Å². The average Bonchev–Trinajstić information content (AvgIpc) is 2.75. The van der Waals surface area contributed by atoms with E-state index in [9.17, 15) is 25.2 Å². The van der Waals surface area contributed by atoms with Crippen LogP contribution in [-0.4, -0.2) is 5.66 Å². The standard InChI is InChI=1S/C26H30P.F6P/c1-5-24-21(4)27(22-12-8-6-9-13-22,23-14-10-7-11-15-23)18-26-20(3)19(2)16-17-25(24)26;1-7(2,3,4,5)6/h6-17,21,24H,5,18H2,1-4H3;/q+1;-1. The molecule has 0 spiro atoms. The van der Waals surface area contributed by atoms with Gasteiger partial charge in [0.1, 0.15) is 0 Å². The monoisotopic (exact) mass is 518 g/mol. The Morgan fingerprint density at radius 3 is 1.62 bits per heavy atom. The molecular formula is C26H30F6P2. The van der Waals surface area contributed by atoms with Crippen molar-refractivity contribution < 1.29 is 25.2 Å². The summed E-state index contributed by atoms with van der Waals surface area (Å²) >= 11 is 0. The Kier molecular flexibility index (Phi) is 6.79. The molecule has 8 heteroatoms. The molecule has 3 aromatic rings. The van der Waals surface area contributed by atoms with E-state index in [-0.39, 0.29) is 0 Å². The molecule has 0 aliphatic carbocycles. The molecule has 4 rings (SSSR count). The molecule has 0 radical (unpaired) electrons. The van der Waals surface area contributed by atoms with Gasteiger partial charge in [0.15, 0.2) is 0 Å². The number of rotatable bonds is 3. The molecule has 0 aromatic heterocycles. The van der Waals surface area contributed by atoms with Gasteiger partial charge in [0, 0.05) is 5.92 Å². The topological polar surface area (TPSA) is 0 Å². The zero-order valence-electron chi connectivity index (χ0n) is 19.7. The van der Waals surface area contributed by atoms with Crippen molar-refractivity contribution >= 4 is 25.7 Å². The number of benzene rings is 3. The maximum atomic E-state index is 9.87. The summed E-state index contributed by atoms with van der Waals surface area (Å²) in [5, 5.41) is 3.13. The average molecular weight is 518 g/mol. The SMILES string of the molecule is CCC1c2ccc(C)c(C)c2C[P+](c2ccccc2)(c2ccccc2)C1C.F[P-](F)(F)(F)(F)F. The van der Waals surface area contributed by atoms with E-state index in [1.165, 1.54) is 23.7 Å². The quantitative estimate of drug-likeness (QED) is 0.239. The van der Waals surface area contributed by atoms with Crippen LogP contribution in [0.1, 0.15) is 48.4 Å². The van der Waals surface area contributed by atoms with Crippen molar-refractivity contribution in [2.75, 3.05) is 0 Å². The van der Waals surface area contributed by atoms with Crippen molar-refractivity contribution in [1.82, 2.24) is 0 Å². The molecule has 3 aromatic carbocycles. The van der Waals surface area contributed by atoms with E-state index in [4.69, 9.17) is 0 Å². The molecule has 0 nitrogen and oxygen atoms in total. The Labute approximate surface area is 198 Å². The number of fused-ring (bicyclic) bond motifs is 1. The normalized spacial score (nSPS) is 21.4. The number of hydrogen-bond donors (Lipinski definition) is 0. The number of hydrogen-bond acceptors (Lipinski definition) is 0. The first-order valence-electron chi connectivity index (χ1n) is 11.2. The van der Waals surface area contributed by atoms with Crippen molar-refractivity contribution in [1.29, 1.82) is 0 Å². The summed E-state index contributed by atoms with van der Waals surface area (Å²) in [5.41, 5.74) is 6.82. The second kappa shape index (κ2) is 8.64. The van der Waals surface area contributed by atoms with Gasteiger partial charge in [-0.25, -0.2) is 0 Å². The Hall–Kier alpha value is -1.90. The van der Waals surface area contributed by atoms with Crippen molar-refractivity contribution in [3.05, 3.63) is 95.1 Å². The summed E-state index contributed by atoms with van der Waals surface area (Å²) in [6.07, 6.45) is 2.40. The fraction of sp³-hybridized carbons (Fsp3) is 0.308. The van der Waals surface area contributed by atoms with Crippen LogP contribution in [0.2, 0.25) is 0 Å². The molecule has 0 amide bonds. The van der Waals surface area contributed by atoms with Gasteiger partial charge in [0.25, 0.3) is 0 Å². The van der Waals surface area contributed by atoms with Crippen LogP contribution in [0.3, 0.4) is 0 Å². The molecule has 186 valence electrons. The first-order chi connectivity index (χ1) is 15.5. The van der Waals surface area contributed by atoms with E-state index in [0.29, 0.717) is 11.6 Å². The minimum absolute atomic E-state index is 0.627. The van der Waals surface area contributed by atoms with Crippen molar-refractivity contribution in [2.45, 2.75) is 51.9 Å². The van der Waals surface area contributed by atoms with Crippen LogP contribution >= 0.6 is 15.1 Å². The van der Waals surface area contributed by atoms with Gasteiger partial charge in [0.05, 0.1) is 29.7 Å². The van der Waals surface area contributed by atoms with Crippen molar-refractivity contribution in [3.63, 3.8) is 0 Å². The summed E-state index contributed by atoms with van der Waals surface area (Å²) in [6, 6.07) is 27.5. The number of aryl methyl sites for hydroxylation is 1. The fourth-order valence-electron chi connectivity index (χ4n) is 5.16. The Morgan fingerprint density at radius 1 is 0.765 bits per heavy atom. The summed E-state index contributed by atoms with van der Waals surface area (Å²) in [4.78, 5) is 0. The van der Waals surface area contributed by atoms with Gasteiger partial charge >= 0.3 is 33.0 Å². The predicted molar refractivity (Wildman–Crippen MR) is 135 cm³/mol. The Balaban J connectivity index is 0.000000406. The Bertz CT molecular complexity index is 1090. The fourth-order valence-corrected chi connectivity index (χ4v) is 10.4. The summed E-state index contributed by atoms with van der Waals surface area (Å²) in [6.45, 7) is 9.50. The van der Waals surface area contributed by atoms with Gasteiger partial charge in [-0.05, 0) is 73.7 Å². The Morgan fingerprint density at radius 2 is 1.21 bits per heavy atom. The summed E-state index contributed by atoms with van der Waals surface area (Å²) in [7, 11) is -12.2. The molecule has 2 unspecified atom stereocenters. The predicted octanol–water partition coefficient (Wildman–Crippen LogP) is 9.75. The molecule has 34 heavy (non-hydrogen) atoms. The van der Waals surface area contributed by atoms with Crippen molar-refractivity contribution in [2.24, 2.45) is 0 Å². The second-order valence-corrected chi connectivity index (χ2v) is 14.8. The molecule has 1 aliphatic rings. The van der Waals surface area contributed by atoms with Crippen LogP contribution in [0.5, 0.6) is 0 Å². The second-order valence-electron chi connectivity index (χ2n) is 8.99. The molecular weight excluding hydrogens is 488 g/mol. The van der Waals surface area contributed by atoms with Gasteiger partial charge in [-0.2, -0.15) is 0 Å². The van der Waals surface area contributed by atoms with Gasteiger partial charge in [-0.1, -0.05) is 55.5 Å². The van der Waals surface area contributed by atoms with Gasteiger partial charge in [-0.3, -0.25) is 0 Å². The first kappa shape index (κ1) is 26.7. The van der Waals surface area contributed by atoms with E-state index in [1.54, 1.807) is 21.7 Å². The minimum atomic E-state index is -10.7. The van der Waals surface area contributed by atoms with Gasteiger partial charge in [0.2, 0.25) is 0 Å². The van der Waals surface area contributed by atoms with Crippen molar-refractivity contribution in [3.8, 4) is 0 Å². The zero-order valence-corrected chi connectivity index (χ0v) is 21.4. The van der Waals surface area contributed by atoms with Crippen LogP contribution in [0, 0.1) is 13.8 Å². The number of halogens is 6. The third kappa shape index (κ3) is 6.20. The van der Waals surface area contributed by atoms with E-state index in [2.05, 4.69) is 100 Å². The molecule has 1 heterocycles. The molecule has 0 saturated heterocycles. The maximum absolute atomic E-state index is 10.7. The summed E-state index contributed by atoms with van der Waals surface area (Å²) in [5.74, 6) is 0.627. The van der Waals surface area contributed by atoms with Crippen LogP contribution in [0.4, 0.5) is 25.2 Å². The molecule has 0 saturated carbocycles. The molecule has 0 fully saturated rings. The van der Waals surface area contributed by atoms with E-state index < -0.39 is 15.1 Å². The van der Waals surface area contributed by atoms with Crippen LogP contribution < -0.4 is 10.6 Å². The van der Waals surface area contributed by atoms with Gasteiger partial charge < -0.3 is 0 Å². The molecule has 1 aliphatic heterocycles.